The van der Waals surface area contributed by atoms with Crippen LogP contribution in [0.1, 0.15) is 58.9 Å². The van der Waals surface area contributed by atoms with Gasteiger partial charge < -0.3 is 21.1 Å². The van der Waals surface area contributed by atoms with E-state index in [0.29, 0.717) is 18.4 Å². The molecule has 0 aliphatic heterocycles. The smallest absolute Gasteiger partial charge is 1.00 e. The van der Waals surface area contributed by atoms with Crippen molar-refractivity contribution < 1.29 is 45.3 Å². The third-order valence-corrected chi connectivity index (χ3v) is 5.48. The van der Waals surface area contributed by atoms with Gasteiger partial charge in [-0.05, 0) is 95.3 Å². The number of ether oxygens (including phenoxy) is 2. The molecule has 0 unspecified atom stereocenters. The summed E-state index contributed by atoms with van der Waals surface area (Å²) in [6, 6.07) is 6.09. The standard InChI is InChI=1S/C24H38N2O3.ClH.Na.H/c1-19-8-12-21(13-9-19)25-24(27)15-11-20-10-14-22(23(18-20)28-4)29-17-7-5-6-16-26(2)3;;;/h10-11,14-15,18-19,21H,5-9,12-13,16-17H2,1-4H3,(H,25,27);1H;;/q;;+1;-1. The fraction of sp³-hybridized carbons (Fsp3) is 0.625. The fourth-order valence-electron chi connectivity index (χ4n) is 3.62. The summed E-state index contributed by atoms with van der Waals surface area (Å²) in [5.74, 6) is 2.20. The van der Waals surface area contributed by atoms with Crippen molar-refractivity contribution in [3.05, 3.63) is 29.8 Å². The first kappa shape index (κ1) is 30.3. The van der Waals surface area contributed by atoms with E-state index in [2.05, 4.69) is 31.2 Å². The Morgan fingerprint density at radius 2 is 1.87 bits per heavy atom. The molecule has 172 valence electrons. The molecule has 0 saturated heterocycles. The van der Waals surface area contributed by atoms with Gasteiger partial charge in [0, 0.05) is 12.1 Å². The van der Waals surface area contributed by atoms with E-state index in [1.807, 2.05) is 24.3 Å². The first-order chi connectivity index (χ1) is 14.0. The second-order valence-electron chi connectivity index (χ2n) is 8.42. The zero-order valence-electron chi connectivity index (χ0n) is 21.0. The Morgan fingerprint density at radius 1 is 1.16 bits per heavy atom. The summed E-state index contributed by atoms with van der Waals surface area (Å²) in [6.07, 6.45) is 11.3. The number of rotatable bonds is 11. The molecule has 1 aromatic rings. The van der Waals surface area contributed by atoms with Gasteiger partial charge in [0.1, 0.15) is 0 Å². The van der Waals surface area contributed by atoms with Gasteiger partial charge in [-0.1, -0.05) is 13.0 Å². The minimum absolute atomic E-state index is 0. The number of carbonyl (C=O) groups is 1. The maximum absolute atomic E-state index is 12.2. The molecule has 31 heavy (non-hydrogen) atoms. The quantitative estimate of drug-likeness (QED) is 0.311. The summed E-state index contributed by atoms with van der Waals surface area (Å²) in [4.78, 5) is 14.4. The van der Waals surface area contributed by atoms with Gasteiger partial charge in [0.05, 0.1) is 13.7 Å². The predicted molar refractivity (Wildman–Crippen MR) is 128 cm³/mol. The average Bonchev–Trinajstić information content (AvgIpc) is 2.71. The molecule has 7 heteroatoms. The van der Waals surface area contributed by atoms with E-state index in [-0.39, 0.29) is 49.3 Å². The van der Waals surface area contributed by atoms with Crippen LogP contribution in [-0.2, 0) is 4.79 Å². The number of benzene rings is 1. The van der Waals surface area contributed by atoms with E-state index in [1.165, 1.54) is 19.3 Å². The molecular weight excluding hydrogens is 423 g/mol. The Hall–Kier alpha value is -0.720. The third-order valence-electron chi connectivity index (χ3n) is 5.48. The van der Waals surface area contributed by atoms with Crippen molar-refractivity contribution in [2.75, 3.05) is 34.4 Å². The minimum atomic E-state index is -0.0263. The van der Waals surface area contributed by atoms with Gasteiger partial charge in [0.2, 0.25) is 5.91 Å². The van der Waals surface area contributed by atoms with E-state index < -0.39 is 0 Å². The normalized spacial score (nSPS) is 18.2. The van der Waals surface area contributed by atoms with Crippen LogP contribution in [0.2, 0.25) is 0 Å². The third kappa shape index (κ3) is 12.2. The van der Waals surface area contributed by atoms with E-state index in [0.717, 1.165) is 49.5 Å². The molecule has 1 N–H and O–H groups in total. The van der Waals surface area contributed by atoms with Crippen LogP contribution in [0.3, 0.4) is 0 Å². The summed E-state index contributed by atoms with van der Waals surface area (Å²) in [5.41, 5.74) is 0.924. The van der Waals surface area contributed by atoms with E-state index >= 15 is 0 Å². The molecule has 1 fully saturated rings. The second-order valence-corrected chi connectivity index (χ2v) is 8.42. The van der Waals surface area contributed by atoms with Crippen LogP contribution in [0, 0.1) is 5.92 Å². The van der Waals surface area contributed by atoms with Gasteiger partial charge in [0.25, 0.3) is 0 Å². The Kier molecular flexibility index (Phi) is 16.5. The molecule has 0 spiro atoms. The Balaban J connectivity index is 0. The number of hydrogen-bond donors (Lipinski definition) is 1. The van der Waals surface area contributed by atoms with E-state index in [9.17, 15) is 4.79 Å². The maximum atomic E-state index is 12.2. The summed E-state index contributed by atoms with van der Waals surface area (Å²) < 4.78 is 11.4. The second kappa shape index (κ2) is 16.8. The van der Waals surface area contributed by atoms with Gasteiger partial charge >= 0.3 is 29.6 Å². The first-order valence-corrected chi connectivity index (χ1v) is 10.9. The molecule has 1 amide bonds. The van der Waals surface area contributed by atoms with Crippen molar-refractivity contribution in [1.29, 1.82) is 0 Å². The minimum Gasteiger partial charge on any atom is -1.00 e. The Morgan fingerprint density at radius 3 is 2.52 bits per heavy atom. The molecule has 5 nitrogen and oxygen atoms in total. The molecule has 1 saturated carbocycles. The van der Waals surface area contributed by atoms with Gasteiger partial charge in [-0.3, -0.25) is 4.79 Å². The van der Waals surface area contributed by atoms with Crippen LogP contribution in [0.4, 0.5) is 0 Å². The molecule has 0 heterocycles. The van der Waals surface area contributed by atoms with E-state index in [1.54, 1.807) is 13.2 Å². The number of hydrogen-bond acceptors (Lipinski definition) is 4. The zero-order chi connectivity index (χ0) is 21.1. The topological polar surface area (TPSA) is 50.8 Å². The Bertz CT molecular complexity index is 669. The monoisotopic (exact) mass is 462 g/mol. The maximum Gasteiger partial charge on any atom is 1.00 e. The van der Waals surface area contributed by atoms with Crippen LogP contribution >= 0.6 is 12.4 Å². The van der Waals surface area contributed by atoms with Crippen LogP contribution in [0.15, 0.2) is 24.3 Å². The van der Waals surface area contributed by atoms with Crippen LogP contribution in [-0.4, -0.2) is 51.2 Å². The summed E-state index contributed by atoms with van der Waals surface area (Å²) >= 11 is 0. The molecular formula is C24H40ClN2NaO3. The molecule has 0 atom stereocenters. The molecule has 0 aromatic heterocycles. The van der Waals surface area contributed by atoms with Gasteiger partial charge in [-0.2, -0.15) is 0 Å². The number of halogens is 1. The number of nitrogens with zero attached hydrogens (tertiary/aromatic N) is 1. The number of nitrogens with one attached hydrogen (secondary N) is 1. The Labute approximate surface area is 218 Å². The molecule has 2 rings (SSSR count). The van der Waals surface area contributed by atoms with Crippen molar-refractivity contribution in [3.8, 4) is 11.5 Å². The van der Waals surface area contributed by atoms with Gasteiger partial charge in [-0.25, -0.2) is 0 Å². The van der Waals surface area contributed by atoms with Crippen LogP contribution < -0.4 is 44.3 Å². The summed E-state index contributed by atoms with van der Waals surface area (Å²) in [6.45, 7) is 4.07. The zero-order valence-corrected chi connectivity index (χ0v) is 22.8. The molecule has 0 radical (unpaired) electrons. The van der Waals surface area contributed by atoms with Crippen LogP contribution in [0.5, 0.6) is 11.5 Å². The van der Waals surface area contributed by atoms with Crippen molar-refractivity contribution in [3.63, 3.8) is 0 Å². The number of carbonyl (C=O) groups excluding carboxylic acids is 1. The van der Waals surface area contributed by atoms with Crippen molar-refractivity contribution in [2.45, 2.75) is 57.9 Å². The fourth-order valence-corrected chi connectivity index (χ4v) is 3.62. The molecule has 1 aliphatic rings. The van der Waals surface area contributed by atoms with Gasteiger partial charge in [0.15, 0.2) is 11.5 Å². The number of amides is 1. The first-order valence-electron chi connectivity index (χ1n) is 10.9. The number of unbranched alkanes of at least 4 members (excludes halogenated alkanes) is 2. The predicted octanol–water partition coefficient (Wildman–Crippen LogP) is 2.05. The van der Waals surface area contributed by atoms with Crippen molar-refractivity contribution in [2.24, 2.45) is 5.92 Å². The SMILES string of the molecule is COc1cc(C=CC(=O)NC2CCC(C)CC2)ccc1OCCCCCN(C)C.Cl.[H-].[Na+]. The molecule has 1 aliphatic carbocycles. The largest absolute Gasteiger partial charge is 1.00 e. The summed E-state index contributed by atoms with van der Waals surface area (Å²) in [5, 5.41) is 3.12. The van der Waals surface area contributed by atoms with Crippen molar-refractivity contribution in [1.82, 2.24) is 10.2 Å². The van der Waals surface area contributed by atoms with Crippen LogP contribution in [0.25, 0.3) is 6.08 Å². The van der Waals surface area contributed by atoms with Gasteiger partial charge in [-0.15, -0.1) is 12.4 Å². The molecule has 0 bridgehead atoms. The van der Waals surface area contributed by atoms with E-state index in [4.69, 9.17) is 9.47 Å². The number of methoxy groups -OCH3 is 1. The average molecular weight is 463 g/mol. The van der Waals surface area contributed by atoms with Crippen molar-refractivity contribution >= 4 is 24.4 Å². The summed E-state index contributed by atoms with van der Waals surface area (Å²) in [7, 11) is 5.83. The molecule has 1 aromatic carbocycles.